The van der Waals surface area contributed by atoms with Gasteiger partial charge in [0.1, 0.15) is 12.4 Å². The number of ether oxygens (including phenoxy) is 1. The molecule has 0 unspecified atom stereocenters. The highest BCUT2D eigenvalue weighted by molar-refractivity contribution is 7.99. The Labute approximate surface area is 155 Å². The van der Waals surface area contributed by atoms with Gasteiger partial charge in [0.2, 0.25) is 0 Å². The zero-order valence-electron chi connectivity index (χ0n) is 14.5. The minimum absolute atomic E-state index is 0.0806. The van der Waals surface area contributed by atoms with E-state index in [1.54, 1.807) is 0 Å². The van der Waals surface area contributed by atoms with Gasteiger partial charge in [-0.3, -0.25) is 9.36 Å². The number of para-hydroxylation sites is 2. The predicted octanol–water partition coefficient (Wildman–Crippen LogP) is 3.64. The fourth-order valence-corrected chi connectivity index (χ4v) is 3.30. The Balaban J connectivity index is 1.90. The van der Waals surface area contributed by atoms with Gasteiger partial charge in [0.25, 0.3) is 0 Å². The maximum atomic E-state index is 10.9. The summed E-state index contributed by atoms with van der Waals surface area (Å²) in [6, 6.07) is 15.6. The van der Waals surface area contributed by atoms with Crippen molar-refractivity contribution in [2.75, 3.05) is 5.75 Å². The molecule has 6 nitrogen and oxygen atoms in total. The van der Waals surface area contributed by atoms with Crippen LogP contribution in [0.3, 0.4) is 0 Å². The Bertz CT molecular complexity index is 889. The van der Waals surface area contributed by atoms with E-state index in [0.717, 1.165) is 34.3 Å². The molecule has 7 heteroatoms. The third-order valence-electron chi connectivity index (χ3n) is 3.79. The lowest BCUT2D eigenvalue weighted by Crippen LogP contribution is -2.08. The molecule has 0 bridgehead atoms. The van der Waals surface area contributed by atoms with Crippen LogP contribution in [-0.4, -0.2) is 31.6 Å². The molecule has 2 aromatic carbocycles. The minimum Gasteiger partial charge on any atom is -0.485 e. The van der Waals surface area contributed by atoms with E-state index in [2.05, 4.69) is 10.2 Å². The summed E-state index contributed by atoms with van der Waals surface area (Å²) in [6.45, 7) is 4.23. The second-order valence-corrected chi connectivity index (χ2v) is 6.70. The number of aliphatic carboxylic acids is 1. The largest absolute Gasteiger partial charge is 0.485 e. The number of thioether (sulfide) groups is 1. The number of nitrogens with zero attached hydrogens (tertiary/aromatic N) is 3. The van der Waals surface area contributed by atoms with Crippen molar-refractivity contribution in [3.05, 3.63) is 65.5 Å². The number of carboxylic acids is 1. The van der Waals surface area contributed by atoms with E-state index in [4.69, 9.17) is 9.84 Å². The van der Waals surface area contributed by atoms with Crippen LogP contribution in [0.5, 0.6) is 5.75 Å². The van der Waals surface area contributed by atoms with Crippen molar-refractivity contribution in [2.24, 2.45) is 0 Å². The smallest absolute Gasteiger partial charge is 0.313 e. The number of aromatic nitrogens is 3. The van der Waals surface area contributed by atoms with Crippen LogP contribution in [-0.2, 0) is 11.4 Å². The Hall–Kier alpha value is -2.80. The summed E-state index contributed by atoms with van der Waals surface area (Å²) in [6.07, 6.45) is 0. The molecule has 0 saturated carbocycles. The quantitative estimate of drug-likeness (QED) is 0.641. The van der Waals surface area contributed by atoms with E-state index < -0.39 is 5.97 Å². The number of aryl methyl sites for hydroxylation is 2. The van der Waals surface area contributed by atoms with Gasteiger partial charge in [-0.1, -0.05) is 48.2 Å². The number of benzene rings is 2. The van der Waals surface area contributed by atoms with Crippen LogP contribution >= 0.6 is 11.8 Å². The first-order chi connectivity index (χ1) is 12.6. The second kappa shape index (κ2) is 8.05. The van der Waals surface area contributed by atoms with Crippen molar-refractivity contribution in [3.8, 4) is 11.4 Å². The average Bonchev–Trinajstić information content (AvgIpc) is 3.03. The van der Waals surface area contributed by atoms with Crippen molar-refractivity contribution >= 4 is 17.7 Å². The van der Waals surface area contributed by atoms with E-state index in [0.29, 0.717) is 11.0 Å². The van der Waals surface area contributed by atoms with E-state index in [1.165, 1.54) is 0 Å². The highest BCUT2D eigenvalue weighted by Crippen LogP contribution is 2.26. The fourth-order valence-electron chi connectivity index (χ4n) is 2.61. The summed E-state index contributed by atoms with van der Waals surface area (Å²) >= 11 is 1.13. The van der Waals surface area contributed by atoms with Crippen molar-refractivity contribution < 1.29 is 14.6 Å². The topological polar surface area (TPSA) is 77.2 Å². The van der Waals surface area contributed by atoms with Crippen LogP contribution in [0.15, 0.2) is 53.7 Å². The molecular formula is C19H19N3O3S. The first-order valence-electron chi connectivity index (χ1n) is 8.09. The maximum absolute atomic E-state index is 10.9. The van der Waals surface area contributed by atoms with Crippen LogP contribution in [0, 0.1) is 13.8 Å². The molecule has 0 aliphatic rings. The summed E-state index contributed by atoms with van der Waals surface area (Å²) < 4.78 is 7.84. The van der Waals surface area contributed by atoms with Gasteiger partial charge in [0.15, 0.2) is 11.0 Å². The van der Waals surface area contributed by atoms with Gasteiger partial charge < -0.3 is 9.84 Å². The predicted molar refractivity (Wildman–Crippen MR) is 100.0 cm³/mol. The van der Waals surface area contributed by atoms with E-state index in [9.17, 15) is 4.79 Å². The summed E-state index contributed by atoms with van der Waals surface area (Å²) in [5.41, 5.74) is 2.97. The number of rotatable bonds is 7. The van der Waals surface area contributed by atoms with Crippen LogP contribution < -0.4 is 4.74 Å². The van der Waals surface area contributed by atoms with Crippen molar-refractivity contribution in [1.82, 2.24) is 14.8 Å². The molecule has 1 N–H and O–H groups in total. The molecule has 3 rings (SSSR count). The standard InChI is InChI=1S/C19H19N3O3S/c1-13-7-6-8-14(2)18(13)25-11-16-20-21-19(26-12-17(23)24)22(16)15-9-4-3-5-10-15/h3-10H,11-12H2,1-2H3,(H,23,24). The number of hydrogen-bond donors (Lipinski definition) is 1. The Morgan fingerprint density at radius 2 is 1.77 bits per heavy atom. The molecule has 0 aliphatic carbocycles. The third-order valence-corrected chi connectivity index (χ3v) is 4.71. The Kier molecular flexibility index (Phi) is 5.58. The maximum Gasteiger partial charge on any atom is 0.313 e. The minimum atomic E-state index is -0.897. The summed E-state index contributed by atoms with van der Waals surface area (Å²) in [4.78, 5) is 10.9. The molecule has 26 heavy (non-hydrogen) atoms. The zero-order valence-corrected chi connectivity index (χ0v) is 15.4. The second-order valence-electron chi connectivity index (χ2n) is 5.76. The van der Waals surface area contributed by atoms with Crippen LogP contribution in [0.2, 0.25) is 0 Å². The molecule has 0 fully saturated rings. The van der Waals surface area contributed by atoms with Crippen molar-refractivity contribution in [3.63, 3.8) is 0 Å². The van der Waals surface area contributed by atoms with Gasteiger partial charge in [-0.25, -0.2) is 0 Å². The Morgan fingerprint density at radius 3 is 2.42 bits per heavy atom. The average molecular weight is 369 g/mol. The molecule has 3 aromatic rings. The van der Waals surface area contributed by atoms with Crippen LogP contribution in [0.1, 0.15) is 17.0 Å². The van der Waals surface area contributed by atoms with Crippen molar-refractivity contribution in [2.45, 2.75) is 25.6 Å². The van der Waals surface area contributed by atoms with Gasteiger partial charge in [-0.05, 0) is 37.1 Å². The molecule has 0 spiro atoms. The normalized spacial score (nSPS) is 10.7. The van der Waals surface area contributed by atoms with E-state index >= 15 is 0 Å². The molecule has 0 saturated heterocycles. The highest BCUT2D eigenvalue weighted by Gasteiger charge is 2.16. The molecule has 0 aliphatic heterocycles. The van der Waals surface area contributed by atoms with E-state index in [-0.39, 0.29) is 12.4 Å². The lowest BCUT2D eigenvalue weighted by molar-refractivity contribution is -0.133. The molecule has 0 atom stereocenters. The van der Waals surface area contributed by atoms with Gasteiger partial charge >= 0.3 is 5.97 Å². The zero-order chi connectivity index (χ0) is 18.5. The summed E-state index contributed by atoms with van der Waals surface area (Å²) in [5, 5.41) is 17.9. The molecular weight excluding hydrogens is 350 g/mol. The van der Waals surface area contributed by atoms with E-state index in [1.807, 2.05) is 66.9 Å². The third kappa shape index (κ3) is 4.05. The summed E-state index contributed by atoms with van der Waals surface area (Å²) in [7, 11) is 0. The van der Waals surface area contributed by atoms with Crippen LogP contribution in [0.4, 0.5) is 0 Å². The van der Waals surface area contributed by atoms with Gasteiger partial charge in [-0.15, -0.1) is 10.2 Å². The lowest BCUT2D eigenvalue weighted by atomic mass is 10.1. The fraction of sp³-hybridized carbons (Fsp3) is 0.211. The summed E-state index contributed by atoms with van der Waals surface area (Å²) in [5.74, 6) is 0.468. The molecule has 134 valence electrons. The highest BCUT2D eigenvalue weighted by atomic mass is 32.2. The number of carbonyl (C=O) groups is 1. The SMILES string of the molecule is Cc1cccc(C)c1OCc1nnc(SCC(=O)O)n1-c1ccccc1. The molecule has 0 amide bonds. The van der Waals surface area contributed by atoms with Gasteiger partial charge in [0, 0.05) is 5.69 Å². The first kappa shape index (κ1) is 18.0. The van der Waals surface area contributed by atoms with Crippen molar-refractivity contribution in [1.29, 1.82) is 0 Å². The van der Waals surface area contributed by atoms with Gasteiger partial charge in [0.05, 0.1) is 5.75 Å². The first-order valence-corrected chi connectivity index (χ1v) is 9.08. The lowest BCUT2D eigenvalue weighted by Gasteiger charge is -2.13. The number of carboxylic acid groups (broad SMARTS) is 1. The molecule has 1 heterocycles. The Morgan fingerprint density at radius 1 is 1.08 bits per heavy atom. The van der Waals surface area contributed by atoms with Crippen LogP contribution in [0.25, 0.3) is 5.69 Å². The van der Waals surface area contributed by atoms with Gasteiger partial charge in [-0.2, -0.15) is 0 Å². The monoisotopic (exact) mass is 369 g/mol. The molecule has 1 aromatic heterocycles. The molecule has 0 radical (unpaired) electrons. The number of hydrogen-bond acceptors (Lipinski definition) is 5.